The van der Waals surface area contributed by atoms with E-state index in [1.54, 1.807) is 12.4 Å². The molecule has 2 rings (SSSR count). The predicted octanol–water partition coefficient (Wildman–Crippen LogP) is 1.80. The Hall–Kier alpha value is -2.20. The molecule has 0 aliphatic rings. The molecule has 0 aliphatic heterocycles. The first-order chi connectivity index (χ1) is 9.74. The summed E-state index contributed by atoms with van der Waals surface area (Å²) in [4.78, 5) is 15.7. The molecule has 0 saturated heterocycles. The van der Waals surface area contributed by atoms with Gasteiger partial charge in [0.2, 0.25) is 5.91 Å². The third-order valence-electron chi connectivity index (χ3n) is 2.91. The lowest BCUT2D eigenvalue weighted by Gasteiger charge is -2.07. The zero-order valence-electron chi connectivity index (χ0n) is 11.6. The summed E-state index contributed by atoms with van der Waals surface area (Å²) in [6.45, 7) is 3.56. The van der Waals surface area contributed by atoms with Crippen molar-refractivity contribution in [2.24, 2.45) is 0 Å². The van der Waals surface area contributed by atoms with Crippen LogP contribution in [-0.2, 0) is 17.9 Å². The van der Waals surface area contributed by atoms with Crippen LogP contribution in [0.15, 0.2) is 48.8 Å². The van der Waals surface area contributed by atoms with Gasteiger partial charge in [-0.2, -0.15) is 0 Å². The molecule has 4 nitrogen and oxygen atoms in total. The largest absolute Gasteiger partial charge is 0.351 e. The second-order valence-electron chi connectivity index (χ2n) is 4.73. The fraction of sp³-hybridized carbons (Fsp3) is 0.250. The average Bonchev–Trinajstić information content (AvgIpc) is 2.46. The lowest BCUT2D eigenvalue weighted by molar-refractivity contribution is -0.120. The summed E-state index contributed by atoms with van der Waals surface area (Å²) < 4.78 is 0. The van der Waals surface area contributed by atoms with E-state index in [-0.39, 0.29) is 5.91 Å². The van der Waals surface area contributed by atoms with E-state index in [1.165, 1.54) is 5.56 Å². The molecule has 0 radical (unpaired) electrons. The van der Waals surface area contributed by atoms with Crippen molar-refractivity contribution in [3.63, 3.8) is 0 Å². The van der Waals surface area contributed by atoms with Gasteiger partial charge in [-0.1, -0.05) is 35.9 Å². The number of nitrogens with one attached hydrogen (secondary N) is 2. The Kier molecular flexibility index (Phi) is 5.26. The van der Waals surface area contributed by atoms with Crippen molar-refractivity contribution < 1.29 is 4.79 Å². The van der Waals surface area contributed by atoms with Gasteiger partial charge in [0, 0.05) is 25.5 Å². The summed E-state index contributed by atoms with van der Waals surface area (Å²) in [5.41, 5.74) is 3.39. The molecule has 4 heteroatoms. The third-order valence-corrected chi connectivity index (χ3v) is 2.91. The number of pyridine rings is 1. The van der Waals surface area contributed by atoms with Gasteiger partial charge >= 0.3 is 0 Å². The van der Waals surface area contributed by atoms with Crippen LogP contribution >= 0.6 is 0 Å². The molecule has 1 amide bonds. The Labute approximate surface area is 119 Å². The molecule has 20 heavy (non-hydrogen) atoms. The Balaban J connectivity index is 1.68. The Morgan fingerprint density at radius 2 is 2.00 bits per heavy atom. The molecule has 1 heterocycles. The van der Waals surface area contributed by atoms with Crippen LogP contribution in [0.25, 0.3) is 0 Å². The number of amides is 1. The molecule has 0 bridgehead atoms. The summed E-state index contributed by atoms with van der Waals surface area (Å²) in [5.74, 6) is -0.00426. The monoisotopic (exact) mass is 269 g/mol. The number of nitrogens with zero attached hydrogens (tertiary/aromatic N) is 1. The van der Waals surface area contributed by atoms with Gasteiger partial charge in [0.15, 0.2) is 0 Å². The topological polar surface area (TPSA) is 54.0 Å². The lowest BCUT2D eigenvalue weighted by Crippen LogP contribution is -2.33. The number of hydrogen-bond acceptors (Lipinski definition) is 3. The van der Waals surface area contributed by atoms with Crippen LogP contribution in [0.1, 0.15) is 16.7 Å². The minimum absolute atomic E-state index is 0.00426. The number of carbonyl (C=O) groups is 1. The van der Waals surface area contributed by atoms with Crippen LogP contribution in [0.4, 0.5) is 0 Å². The van der Waals surface area contributed by atoms with E-state index < -0.39 is 0 Å². The zero-order chi connectivity index (χ0) is 14.2. The number of benzene rings is 1. The van der Waals surface area contributed by atoms with E-state index in [9.17, 15) is 4.79 Å². The van der Waals surface area contributed by atoms with Crippen molar-refractivity contribution >= 4 is 5.91 Å². The lowest BCUT2D eigenvalue weighted by atomic mass is 10.1. The third kappa shape index (κ3) is 4.82. The Bertz CT molecular complexity index is 555. The van der Waals surface area contributed by atoms with Crippen LogP contribution in [0, 0.1) is 6.92 Å². The number of hydrogen-bond donors (Lipinski definition) is 2. The highest BCUT2D eigenvalue weighted by atomic mass is 16.1. The summed E-state index contributed by atoms with van der Waals surface area (Å²) in [6, 6.07) is 12.0. The van der Waals surface area contributed by atoms with E-state index >= 15 is 0 Å². The molecule has 1 aromatic carbocycles. The highest BCUT2D eigenvalue weighted by Gasteiger charge is 2.01. The fourth-order valence-corrected chi connectivity index (χ4v) is 1.91. The SMILES string of the molecule is Cc1cccc(CNC(=O)CNCc2cccnc2)c1. The molecule has 0 spiro atoms. The molecule has 0 unspecified atom stereocenters. The molecule has 2 aromatic rings. The van der Waals surface area contributed by atoms with Crippen molar-refractivity contribution in [2.45, 2.75) is 20.0 Å². The van der Waals surface area contributed by atoms with Crippen molar-refractivity contribution in [2.75, 3.05) is 6.54 Å². The van der Waals surface area contributed by atoms with Gasteiger partial charge in [-0.25, -0.2) is 0 Å². The quantitative estimate of drug-likeness (QED) is 0.840. The second-order valence-corrected chi connectivity index (χ2v) is 4.73. The number of aryl methyl sites for hydroxylation is 1. The number of carbonyl (C=O) groups excluding carboxylic acids is 1. The fourth-order valence-electron chi connectivity index (χ4n) is 1.91. The van der Waals surface area contributed by atoms with Crippen molar-refractivity contribution in [3.8, 4) is 0 Å². The molecule has 0 saturated carbocycles. The maximum Gasteiger partial charge on any atom is 0.234 e. The minimum Gasteiger partial charge on any atom is -0.351 e. The molecule has 104 valence electrons. The summed E-state index contributed by atoms with van der Waals surface area (Å²) in [7, 11) is 0. The van der Waals surface area contributed by atoms with Gasteiger partial charge in [-0.3, -0.25) is 9.78 Å². The molecule has 2 N–H and O–H groups in total. The molecular weight excluding hydrogens is 250 g/mol. The van der Waals surface area contributed by atoms with E-state index in [0.29, 0.717) is 19.6 Å². The smallest absolute Gasteiger partial charge is 0.234 e. The van der Waals surface area contributed by atoms with E-state index in [4.69, 9.17) is 0 Å². The van der Waals surface area contributed by atoms with Gasteiger partial charge in [-0.05, 0) is 24.1 Å². The summed E-state index contributed by atoms with van der Waals surface area (Å²) in [6.07, 6.45) is 3.52. The van der Waals surface area contributed by atoms with Crippen LogP contribution < -0.4 is 10.6 Å². The van der Waals surface area contributed by atoms with Crippen LogP contribution in [-0.4, -0.2) is 17.4 Å². The summed E-state index contributed by atoms with van der Waals surface area (Å²) in [5, 5.41) is 5.99. The Morgan fingerprint density at radius 1 is 1.15 bits per heavy atom. The van der Waals surface area contributed by atoms with Crippen molar-refractivity contribution in [1.82, 2.24) is 15.6 Å². The molecule has 0 aliphatic carbocycles. The number of rotatable bonds is 6. The van der Waals surface area contributed by atoms with Crippen molar-refractivity contribution in [1.29, 1.82) is 0 Å². The zero-order valence-corrected chi connectivity index (χ0v) is 11.6. The van der Waals surface area contributed by atoms with E-state index in [1.807, 2.05) is 37.3 Å². The summed E-state index contributed by atoms with van der Waals surface area (Å²) >= 11 is 0. The molecule has 1 aromatic heterocycles. The van der Waals surface area contributed by atoms with E-state index in [2.05, 4.69) is 21.7 Å². The molecular formula is C16H19N3O. The van der Waals surface area contributed by atoms with Gasteiger partial charge < -0.3 is 10.6 Å². The first-order valence-electron chi connectivity index (χ1n) is 6.66. The highest BCUT2D eigenvalue weighted by molar-refractivity contribution is 5.77. The van der Waals surface area contributed by atoms with Crippen LogP contribution in [0.5, 0.6) is 0 Å². The normalized spacial score (nSPS) is 10.2. The van der Waals surface area contributed by atoms with Gasteiger partial charge in [0.25, 0.3) is 0 Å². The predicted molar refractivity (Wildman–Crippen MR) is 79.0 cm³/mol. The van der Waals surface area contributed by atoms with Crippen LogP contribution in [0.3, 0.4) is 0 Å². The Morgan fingerprint density at radius 3 is 2.75 bits per heavy atom. The van der Waals surface area contributed by atoms with Gasteiger partial charge in [0.1, 0.15) is 0 Å². The maximum atomic E-state index is 11.7. The standard InChI is InChI=1S/C16H19N3O/c1-13-4-2-5-14(8-13)11-19-16(20)12-18-10-15-6-3-7-17-9-15/h2-9,18H,10-12H2,1H3,(H,19,20). The first kappa shape index (κ1) is 14.2. The van der Waals surface area contributed by atoms with Crippen LogP contribution in [0.2, 0.25) is 0 Å². The number of aromatic nitrogens is 1. The maximum absolute atomic E-state index is 11.7. The first-order valence-corrected chi connectivity index (χ1v) is 6.66. The van der Waals surface area contributed by atoms with Gasteiger partial charge in [-0.15, -0.1) is 0 Å². The second kappa shape index (κ2) is 7.40. The molecule has 0 fully saturated rings. The van der Waals surface area contributed by atoms with Gasteiger partial charge in [0.05, 0.1) is 6.54 Å². The highest BCUT2D eigenvalue weighted by Crippen LogP contribution is 2.02. The van der Waals surface area contributed by atoms with E-state index in [0.717, 1.165) is 11.1 Å². The van der Waals surface area contributed by atoms with Crippen molar-refractivity contribution in [3.05, 3.63) is 65.5 Å². The average molecular weight is 269 g/mol. The minimum atomic E-state index is -0.00426. The molecule has 0 atom stereocenters.